The predicted octanol–water partition coefficient (Wildman–Crippen LogP) is 11.6. The maximum atomic E-state index is 2.40. The average molecular weight is 563 g/mol. The van der Waals surface area contributed by atoms with Crippen molar-refractivity contribution in [1.82, 2.24) is 4.57 Å². The highest BCUT2D eigenvalue weighted by Gasteiger charge is 2.22. The van der Waals surface area contributed by atoms with E-state index in [0.717, 1.165) is 22.7 Å². The first kappa shape index (κ1) is 25.8. The van der Waals surface area contributed by atoms with Crippen LogP contribution in [0.25, 0.3) is 49.7 Å². The van der Waals surface area contributed by atoms with Crippen molar-refractivity contribution >= 4 is 38.9 Å². The molecular formula is C42H30N2. The molecule has 0 amide bonds. The van der Waals surface area contributed by atoms with E-state index in [4.69, 9.17) is 0 Å². The molecule has 208 valence electrons. The van der Waals surface area contributed by atoms with Gasteiger partial charge < -0.3 is 9.47 Å². The molecule has 0 radical (unpaired) electrons. The first-order valence-corrected chi connectivity index (χ1v) is 15.0. The van der Waals surface area contributed by atoms with Gasteiger partial charge in [-0.25, -0.2) is 0 Å². The number of benzene rings is 7. The Morgan fingerprint density at radius 1 is 0.364 bits per heavy atom. The first-order valence-electron chi connectivity index (χ1n) is 15.0. The summed E-state index contributed by atoms with van der Waals surface area (Å²) in [7, 11) is 0. The van der Waals surface area contributed by atoms with Crippen LogP contribution >= 0.6 is 0 Å². The van der Waals surface area contributed by atoms with E-state index in [-0.39, 0.29) is 0 Å². The lowest BCUT2D eigenvalue weighted by molar-refractivity contribution is 1.18. The number of fused-ring (bicyclic) bond motifs is 3. The molecule has 0 N–H and O–H groups in total. The third-order valence-corrected chi connectivity index (χ3v) is 8.37. The second kappa shape index (κ2) is 11.1. The molecule has 44 heavy (non-hydrogen) atoms. The molecule has 0 saturated carbocycles. The summed E-state index contributed by atoms with van der Waals surface area (Å²) in [6.07, 6.45) is 0. The summed E-state index contributed by atoms with van der Waals surface area (Å²) in [5.74, 6) is 0. The van der Waals surface area contributed by atoms with Gasteiger partial charge in [-0.15, -0.1) is 0 Å². The average Bonchev–Trinajstić information content (AvgIpc) is 3.44. The van der Waals surface area contributed by atoms with Gasteiger partial charge in [0.2, 0.25) is 0 Å². The standard InChI is InChI=1S/C42H30N2/c1-5-16-31(17-6-1)36-25-15-26-37(42(36)43(33-18-7-2-8-19-33)34-20-9-3-10-21-34)32-28-29-39-38-24-13-14-27-40(38)44(41(39)30-32)35-22-11-4-12-23-35/h1-30H. The Labute approximate surface area is 257 Å². The van der Waals surface area contributed by atoms with Crippen LogP contribution < -0.4 is 4.90 Å². The Bertz CT molecular complexity index is 2160. The molecule has 1 heterocycles. The van der Waals surface area contributed by atoms with Crippen LogP contribution in [0.15, 0.2) is 182 Å². The third-order valence-electron chi connectivity index (χ3n) is 8.37. The minimum Gasteiger partial charge on any atom is -0.309 e. The van der Waals surface area contributed by atoms with Gasteiger partial charge in [0.1, 0.15) is 0 Å². The summed E-state index contributed by atoms with van der Waals surface area (Å²) in [5, 5.41) is 2.50. The van der Waals surface area contributed by atoms with Crippen LogP contribution in [0.5, 0.6) is 0 Å². The molecule has 0 saturated heterocycles. The largest absolute Gasteiger partial charge is 0.309 e. The Morgan fingerprint density at radius 3 is 1.55 bits per heavy atom. The Kier molecular flexibility index (Phi) is 6.51. The number of hydrogen-bond acceptors (Lipinski definition) is 1. The first-order chi connectivity index (χ1) is 21.9. The Morgan fingerprint density at radius 2 is 0.886 bits per heavy atom. The molecule has 2 heteroatoms. The zero-order valence-corrected chi connectivity index (χ0v) is 24.2. The minimum absolute atomic E-state index is 1.11. The molecule has 8 aromatic rings. The molecule has 8 rings (SSSR count). The van der Waals surface area contributed by atoms with Crippen LogP contribution in [0.4, 0.5) is 17.1 Å². The lowest BCUT2D eigenvalue weighted by atomic mass is 9.93. The van der Waals surface area contributed by atoms with Gasteiger partial charge in [0.05, 0.1) is 16.7 Å². The number of nitrogens with zero attached hydrogens (tertiary/aromatic N) is 2. The molecule has 0 fully saturated rings. The zero-order valence-electron chi connectivity index (χ0n) is 24.2. The molecule has 1 aromatic heterocycles. The van der Waals surface area contributed by atoms with E-state index in [0.29, 0.717) is 0 Å². The van der Waals surface area contributed by atoms with Crippen molar-refractivity contribution in [2.75, 3.05) is 4.90 Å². The highest BCUT2D eigenvalue weighted by molar-refractivity contribution is 6.11. The molecule has 0 aliphatic rings. The lowest BCUT2D eigenvalue weighted by Gasteiger charge is -2.30. The van der Waals surface area contributed by atoms with Crippen LogP contribution in [0, 0.1) is 0 Å². The predicted molar refractivity (Wildman–Crippen MR) is 186 cm³/mol. The molecule has 0 unspecified atom stereocenters. The molecule has 0 aliphatic carbocycles. The second-order valence-corrected chi connectivity index (χ2v) is 11.0. The zero-order chi connectivity index (χ0) is 29.3. The van der Waals surface area contributed by atoms with E-state index >= 15 is 0 Å². The van der Waals surface area contributed by atoms with Crippen LogP contribution in [0.3, 0.4) is 0 Å². The van der Waals surface area contributed by atoms with E-state index < -0.39 is 0 Å². The highest BCUT2D eigenvalue weighted by Crippen LogP contribution is 2.47. The van der Waals surface area contributed by atoms with Gasteiger partial charge in [-0.2, -0.15) is 0 Å². The summed E-state index contributed by atoms with van der Waals surface area (Å²) in [6, 6.07) is 65.1. The van der Waals surface area contributed by atoms with E-state index in [1.165, 1.54) is 44.1 Å². The fourth-order valence-corrected chi connectivity index (χ4v) is 6.42. The molecule has 0 bridgehead atoms. The summed E-state index contributed by atoms with van der Waals surface area (Å²) in [4.78, 5) is 2.40. The Balaban J connectivity index is 1.45. The fraction of sp³-hybridized carbons (Fsp3) is 0. The van der Waals surface area contributed by atoms with E-state index in [1.807, 2.05) is 0 Å². The van der Waals surface area contributed by atoms with E-state index in [9.17, 15) is 0 Å². The number of para-hydroxylation sites is 5. The molecule has 0 atom stereocenters. The third kappa shape index (κ3) is 4.45. The topological polar surface area (TPSA) is 8.17 Å². The van der Waals surface area contributed by atoms with Crippen molar-refractivity contribution < 1.29 is 0 Å². The molecule has 0 spiro atoms. The highest BCUT2D eigenvalue weighted by atomic mass is 15.1. The van der Waals surface area contributed by atoms with Gasteiger partial charge in [0.25, 0.3) is 0 Å². The molecule has 0 aliphatic heterocycles. The van der Waals surface area contributed by atoms with Crippen molar-refractivity contribution in [3.63, 3.8) is 0 Å². The van der Waals surface area contributed by atoms with Crippen LogP contribution in [0.2, 0.25) is 0 Å². The number of hydrogen-bond donors (Lipinski definition) is 0. The van der Waals surface area contributed by atoms with Gasteiger partial charge in [-0.05, 0) is 59.7 Å². The smallest absolute Gasteiger partial charge is 0.0618 e. The van der Waals surface area contributed by atoms with Crippen molar-refractivity contribution in [2.24, 2.45) is 0 Å². The van der Waals surface area contributed by atoms with Gasteiger partial charge in [0.15, 0.2) is 0 Å². The minimum atomic E-state index is 1.11. The number of anilines is 3. The number of aromatic nitrogens is 1. The SMILES string of the molecule is c1ccc(-c2cccc(-c3ccc4c5ccccc5n(-c5ccccc5)c4c3)c2N(c2ccccc2)c2ccccc2)cc1. The fourth-order valence-electron chi connectivity index (χ4n) is 6.42. The molecular weight excluding hydrogens is 532 g/mol. The van der Waals surface area contributed by atoms with E-state index in [2.05, 4.69) is 191 Å². The number of rotatable bonds is 6. The second-order valence-electron chi connectivity index (χ2n) is 11.0. The Hall–Kier alpha value is -5.86. The molecule has 7 aromatic carbocycles. The molecule has 2 nitrogen and oxygen atoms in total. The van der Waals surface area contributed by atoms with Gasteiger partial charge >= 0.3 is 0 Å². The van der Waals surface area contributed by atoms with Gasteiger partial charge in [-0.3, -0.25) is 0 Å². The van der Waals surface area contributed by atoms with Crippen molar-refractivity contribution in [3.05, 3.63) is 182 Å². The normalized spacial score (nSPS) is 11.2. The quantitative estimate of drug-likeness (QED) is 0.196. The van der Waals surface area contributed by atoms with Crippen LogP contribution in [0.1, 0.15) is 0 Å². The van der Waals surface area contributed by atoms with Gasteiger partial charge in [0, 0.05) is 39.0 Å². The summed E-state index contributed by atoms with van der Waals surface area (Å²) in [5.41, 5.74) is 11.6. The van der Waals surface area contributed by atoms with Crippen LogP contribution in [-0.4, -0.2) is 4.57 Å². The lowest BCUT2D eigenvalue weighted by Crippen LogP contribution is -2.12. The maximum Gasteiger partial charge on any atom is 0.0618 e. The van der Waals surface area contributed by atoms with Crippen molar-refractivity contribution in [3.8, 4) is 27.9 Å². The van der Waals surface area contributed by atoms with Crippen LogP contribution in [-0.2, 0) is 0 Å². The maximum absolute atomic E-state index is 2.40. The summed E-state index contributed by atoms with van der Waals surface area (Å²) >= 11 is 0. The van der Waals surface area contributed by atoms with Crippen molar-refractivity contribution in [2.45, 2.75) is 0 Å². The summed E-state index contributed by atoms with van der Waals surface area (Å²) < 4.78 is 2.39. The van der Waals surface area contributed by atoms with E-state index in [1.54, 1.807) is 0 Å². The van der Waals surface area contributed by atoms with Gasteiger partial charge in [-0.1, -0.05) is 133 Å². The summed E-state index contributed by atoms with van der Waals surface area (Å²) in [6.45, 7) is 0. The monoisotopic (exact) mass is 562 g/mol. The van der Waals surface area contributed by atoms with Crippen molar-refractivity contribution in [1.29, 1.82) is 0 Å².